The van der Waals surface area contributed by atoms with Gasteiger partial charge in [0.25, 0.3) is 0 Å². The summed E-state index contributed by atoms with van der Waals surface area (Å²) in [6.07, 6.45) is 2.52. The summed E-state index contributed by atoms with van der Waals surface area (Å²) in [6, 6.07) is 4.38. The Morgan fingerprint density at radius 3 is 2.67 bits per heavy atom. The number of rotatable bonds is 4. The molecule has 98 valence electrons. The molecular formula is C14H20N2OS. The van der Waals surface area contributed by atoms with Gasteiger partial charge in [-0.05, 0) is 50.8 Å². The Hall–Kier alpha value is -1.13. The molecule has 2 aromatic rings. The van der Waals surface area contributed by atoms with E-state index in [0.717, 1.165) is 16.1 Å². The quantitative estimate of drug-likeness (QED) is 0.920. The van der Waals surface area contributed by atoms with Crippen molar-refractivity contribution in [2.24, 2.45) is 0 Å². The van der Waals surface area contributed by atoms with E-state index < -0.39 is 5.60 Å². The molecule has 0 saturated carbocycles. The largest absolute Gasteiger partial charge is 0.384 e. The minimum atomic E-state index is -0.839. The van der Waals surface area contributed by atoms with Crippen molar-refractivity contribution in [1.82, 2.24) is 9.78 Å². The van der Waals surface area contributed by atoms with Crippen LogP contribution >= 0.6 is 11.3 Å². The maximum Gasteiger partial charge on any atom is 0.102 e. The first-order chi connectivity index (χ1) is 8.40. The lowest BCUT2D eigenvalue weighted by atomic mass is 9.96. The minimum Gasteiger partial charge on any atom is -0.384 e. The highest BCUT2D eigenvalue weighted by molar-refractivity contribution is 7.10. The fraction of sp³-hybridized carbons (Fsp3) is 0.500. The third kappa shape index (κ3) is 2.65. The predicted octanol–water partition coefficient (Wildman–Crippen LogP) is 3.28. The predicted molar refractivity (Wildman–Crippen MR) is 74.9 cm³/mol. The molecule has 2 aromatic heterocycles. The van der Waals surface area contributed by atoms with Gasteiger partial charge in [-0.25, -0.2) is 0 Å². The fourth-order valence-electron chi connectivity index (χ4n) is 2.12. The molecule has 0 aliphatic heterocycles. The summed E-state index contributed by atoms with van der Waals surface area (Å²) < 4.78 is 1.92. The fourth-order valence-corrected chi connectivity index (χ4v) is 3.10. The van der Waals surface area contributed by atoms with Crippen LogP contribution in [0.4, 0.5) is 0 Å². The second-order valence-corrected chi connectivity index (χ2v) is 6.18. The van der Waals surface area contributed by atoms with Crippen LogP contribution in [0.1, 0.15) is 42.9 Å². The van der Waals surface area contributed by atoms with E-state index in [1.807, 2.05) is 42.2 Å². The zero-order valence-corrected chi connectivity index (χ0v) is 12.2. The molecule has 18 heavy (non-hydrogen) atoms. The summed E-state index contributed by atoms with van der Waals surface area (Å²) in [5, 5.41) is 17.1. The average Bonchev–Trinajstić information content (AvgIpc) is 2.86. The maximum absolute atomic E-state index is 10.6. The van der Waals surface area contributed by atoms with E-state index in [1.165, 1.54) is 0 Å². The number of thiophene rings is 1. The molecule has 1 atom stereocenters. The number of hydrogen-bond acceptors (Lipinski definition) is 3. The van der Waals surface area contributed by atoms with Crippen LogP contribution in [0.3, 0.4) is 0 Å². The number of aliphatic hydroxyl groups is 1. The highest BCUT2D eigenvalue weighted by Gasteiger charge is 2.27. The normalized spacial score (nSPS) is 15.0. The molecule has 4 heteroatoms. The van der Waals surface area contributed by atoms with Crippen LogP contribution in [0.15, 0.2) is 23.7 Å². The number of hydrogen-bond donors (Lipinski definition) is 1. The van der Waals surface area contributed by atoms with Crippen LogP contribution in [0.2, 0.25) is 0 Å². The standard InChI is InChI=1S/C14H20N2OS/c1-10(2)16-7-5-12(15-16)9-14(4,17)13-11(3)6-8-18-13/h5-8,10,17H,9H2,1-4H3. The summed E-state index contributed by atoms with van der Waals surface area (Å²) in [5.41, 5.74) is 1.24. The zero-order valence-electron chi connectivity index (χ0n) is 11.3. The second-order valence-electron chi connectivity index (χ2n) is 5.26. The first-order valence-corrected chi connectivity index (χ1v) is 7.09. The van der Waals surface area contributed by atoms with Crippen LogP contribution in [0, 0.1) is 6.92 Å². The molecule has 0 aliphatic carbocycles. The lowest BCUT2D eigenvalue weighted by molar-refractivity contribution is 0.0596. The van der Waals surface area contributed by atoms with E-state index in [9.17, 15) is 5.11 Å². The van der Waals surface area contributed by atoms with Crippen molar-refractivity contribution in [3.05, 3.63) is 39.8 Å². The summed E-state index contributed by atoms with van der Waals surface area (Å²) in [4.78, 5) is 1.03. The van der Waals surface area contributed by atoms with Gasteiger partial charge < -0.3 is 5.11 Å². The van der Waals surface area contributed by atoms with Gasteiger partial charge in [-0.2, -0.15) is 5.10 Å². The second kappa shape index (κ2) is 4.86. The number of aryl methyl sites for hydroxylation is 1. The monoisotopic (exact) mass is 264 g/mol. The van der Waals surface area contributed by atoms with E-state index in [-0.39, 0.29) is 0 Å². The van der Waals surface area contributed by atoms with Crippen LogP contribution in [-0.2, 0) is 12.0 Å². The smallest absolute Gasteiger partial charge is 0.102 e. The summed E-state index contributed by atoms with van der Waals surface area (Å²) in [5.74, 6) is 0. The van der Waals surface area contributed by atoms with Crippen molar-refractivity contribution < 1.29 is 5.11 Å². The first-order valence-electron chi connectivity index (χ1n) is 6.21. The molecule has 3 nitrogen and oxygen atoms in total. The molecular weight excluding hydrogens is 244 g/mol. The van der Waals surface area contributed by atoms with E-state index in [2.05, 4.69) is 18.9 Å². The van der Waals surface area contributed by atoms with Gasteiger partial charge in [0.2, 0.25) is 0 Å². The molecule has 1 N–H and O–H groups in total. The van der Waals surface area contributed by atoms with Gasteiger partial charge in [0, 0.05) is 23.5 Å². The Morgan fingerprint density at radius 2 is 2.17 bits per heavy atom. The van der Waals surface area contributed by atoms with Gasteiger partial charge >= 0.3 is 0 Å². The van der Waals surface area contributed by atoms with Crippen LogP contribution in [-0.4, -0.2) is 14.9 Å². The third-order valence-electron chi connectivity index (χ3n) is 3.07. The molecule has 1 unspecified atom stereocenters. The highest BCUT2D eigenvalue weighted by atomic mass is 32.1. The Kier molecular flexibility index (Phi) is 3.59. The van der Waals surface area contributed by atoms with E-state index in [1.54, 1.807) is 11.3 Å². The van der Waals surface area contributed by atoms with Gasteiger partial charge in [-0.15, -0.1) is 11.3 Å². The Balaban J connectivity index is 2.19. The summed E-state index contributed by atoms with van der Waals surface area (Å²) in [6.45, 7) is 8.09. The Bertz CT molecular complexity index is 525. The first kappa shape index (κ1) is 13.3. The van der Waals surface area contributed by atoms with Crippen molar-refractivity contribution in [3.63, 3.8) is 0 Å². The summed E-state index contributed by atoms with van der Waals surface area (Å²) in [7, 11) is 0. The van der Waals surface area contributed by atoms with Crippen LogP contribution < -0.4 is 0 Å². The number of nitrogens with zero attached hydrogens (tertiary/aromatic N) is 2. The van der Waals surface area contributed by atoms with E-state index in [0.29, 0.717) is 12.5 Å². The van der Waals surface area contributed by atoms with Crippen molar-refractivity contribution in [3.8, 4) is 0 Å². The molecule has 0 aliphatic rings. The van der Waals surface area contributed by atoms with Crippen molar-refractivity contribution >= 4 is 11.3 Å². The van der Waals surface area contributed by atoms with Crippen LogP contribution in [0.25, 0.3) is 0 Å². The molecule has 0 bridgehead atoms. The van der Waals surface area contributed by atoms with Gasteiger partial charge in [-0.3, -0.25) is 4.68 Å². The average molecular weight is 264 g/mol. The molecule has 0 saturated heterocycles. The third-order valence-corrected chi connectivity index (χ3v) is 4.34. The zero-order chi connectivity index (χ0) is 13.3. The minimum absolute atomic E-state index is 0.354. The molecule has 0 aromatic carbocycles. The maximum atomic E-state index is 10.6. The van der Waals surface area contributed by atoms with Gasteiger partial charge in [0.05, 0.1) is 5.69 Å². The molecule has 0 fully saturated rings. The molecule has 0 spiro atoms. The summed E-state index contributed by atoms with van der Waals surface area (Å²) >= 11 is 1.60. The van der Waals surface area contributed by atoms with E-state index in [4.69, 9.17) is 0 Å². The molecule has 0 amide bonds. The molecule has 2 heterocycles. The Morgan fingerprint density at radius 1 is 1.44 bits per heavy atom. The Labute approximate surface area is 112 Å². The molecule has 0 radical (unpaired) electrons. The topological polar surface area (TPSA) is 38.0 Å². The van der Waals surface area contributed by atoms with Crippen molar-refractivity contribution in [2.45, 2.75) is 45.8 Å². The van der Waals surface area contributed by atoms with E-state index >= 15 is 0 Å². The highest BCUT2D eigenvalue weighted by Crippen LogP contribution is 2.31. The van der Waals surface area contributed by atoms with Crippen LogP contribution in [0.5, 0.6) is 0 Å². The van der Waals surface area contributed by atoms with Gasteiger partial charge in [0.1, 0.15) is 5.60 Å². The van der Waals surface area contributed by atoms with Gasteiger partial charge in [-0.1, -0.05) is 0 Å². The van der Waals surface area contributed by atoms with Crippen molar-refractivity contribution in [1.29, 1.82) is 0 Å². The SMILES string of the molecule is Cc1ccsc1C(C)(O)Cc1ccn(C(C)C)n1. The van der Waals surface area contributed by atoms with Gasteiger partial charge in [0.15, 0.2) is 0 Å². The lowest BCUT2D eigenvalue weighted by Crippen LogP contribution is -2.24. The number of aromatic nitrogens is 2. The molecule has 2 rings (SSSR count). The van der Waals surface area contributed by atoms with Crippen molar-refractivity contribution in [2.75, 3.05) is 0 Å². The lowest BCUT2D eigenvalue weighted by Gasteiger charge is -2.22.